The maximum atomic E-state index is 13.9. The summed E-state index contributed by atoms with van der Waals surface area (Å²) in [6.07, 6.45) is 7.31. The zero-order chi connectivity index (χ0) is 21.2. The standard InChI is InChI=1S/C26H24N4O/c1-19-13-14-21-10-5-6-12-24(21)30(19)26(31)23-18-29(17-20-8-3-2-4-9-20)28-25(23)22-11-7-15-27-16-22/h2-12,15-16,18-19H,13-14,17H2,1H3/t19-/m1/s1. The number of hydrogen-bond acceptors (Lipinski definition) is 3. The Balaban J connectivity index is 1.58. The Morgan fingerprint density at radius 1 is 1.03 bits per heavy atom. The maximum Gasteiger partial charge on any atom is 0.262 e. The lowest BCUT2D eigenvalue weighted by Crippen LogP contribution is -2.42. The number of fused-ring (bicyclic) bond motifs is 1. The lowest BCUT2D eigenvalue weighted by Gasteiger charge is -2.35. The Labute approximate surface area is 182 Å². The van der Waals surface area contributed by atoms with Gasteiger partial charge in [-0.05, 0) is 49.1 Å². The molecule has 1 aliphatic heterocycles. The zero-order valence-electron chi connectivity index (χ0n) is 17.5. The van der Waals surface area contributed by atoms with Crippen LogP contribution in [-0.2, 0) is 13.0 Å². The van der Waals surface area contributed by atoms with Crippen molar-refractivity contribution in [3.63, 3.8) is 0 Å². The van der Waals surface area contributed by atoms with Crippen LogP contribution in [0.5, 0.6) is 0 Å². The van der Waals surface area contributed by atoms with Crippen LogP contribution in [0.2, 0.25) is 0 Å². The van der Waals surface area contributed by atoms with Crippen LogP contribution in [0.4, 0.5) is 5.69 Å². The fraction of sp³-hybridized carbons (Fsp3) is 0.192. The van der Waals surface area contributed by atoms with Crippen LogP contribution in [-0.4, -0.2) is 26.7 Å². The molecule has 0 fully saturated rings. The molecule has 154 valence electrons. The first-order valence-electron chi connectivity index (χ1n) is 10.6. The molecule has 1 aliphatic rings. The molecule has 0 radical (unpaired) electrons. The second kappa shape index (κ2) is 8.19. The Kier molecular flexibility index (Phi) is 5.08. The summed E-state index contributed by atoms with van der Waals surface area (Å²) >= 11 is 0. The Hall–Kier alpha value is -3.73. The molecule has 5 heteroatoms. The van der Waals surface area contributed by atoms with Gasteiger partial charge in [-0.3, -0.25) is 14.5 Å². The number of aromatic nitrogens is 3. The average Bonchev–Trinajstić information content (AvgIpc) is 3.24. The molecule has 0 unspecified atom stereocenters. The van der Waals surface area contributed by atoms with E-state index < -0.39 is 0 Å². The largest absolute Gasteiger partial charge is 0.305 e. The van der Waals surface area contributed by atoms with Gasteiger partial charge in [-0.25, -0.2) is 0 Å². The molecule has 0 saturated carbocycles. The number of rotatable bonds is 4. The summed E-state index contributed by atoms with van der Waals surface area (Å²) < 4.78 is 1.85. The summed E-state index contributed by atoms with van der Waals surface area (Å²) in [7, 11) is 0. The monoisotopic (exact) mass is 408 g/mol. The quantitative estimate of drug-likeness (QED) is 0.479. The Morgan fingerprint density at radius 3 is 2.65 bits per heavy atom. The van der Waals surface area contributed by atoms with Crippen LogP contribution in [0.3, 0.4) is 0 Å². The molecular formula is C26H24N4O. The molecule has 31 heavy (non-hydrogen) atoms. The minimum Gasteiger partial charge on any atom is -0.305 e. The van der Waals surface area contributed by atoms with Crippen LogP contribution in [0, 0.1) is 0 Å². The summed E-state index contributed by atoms with van der Waals surface area (Å²) in [4.78, 5) is 20.1. The molecule has 5 nitrogen and oxygen atoms in total. The highest BCUT2D eigenvalue weighted by atomic mass is 16.2. The molecule has 2 aromatic carbocycles. The zero-order valence-corrected chi connectivity index (χ0v) is 17.5. The predicted molar refractivity (Wildman–Crippen MR) is 122 cm³/mol. The number of anilines is 1. The third kappa shape index (κ3) is 3.75. The van der Waals surface area contributed by atoms with Crippen molar-refractivity contribution in [2.75, 3.05) is 4.90 Å². The van der Waals surface area contributed by atoms with Gasteiger partial charge in [0.25, 0.3) is 5.91 Å². The third-order valence-corrected chi connectivity index (χ3v) is 5.86. The van der Waals surface area contributed by atoms with Crippen molar-refractivity contribution in [2.45, 2.75) is 32.4 Å². The number of hydrogen-bond donors (Lipinski definition) is 0. The van der Waals surface area contributed by atoms with Gasteiger partial charge in [0.05, 0.1) is 12.1 Å². The molecule has 1 atom stereocenters. The normalized spacial score (nSPS) is 15.5. The summed E-state index contributed by atoms with van der Waals surface area (Å²) in [5.74, 6) is -0.0159. The van der Waals surface area contributed by atoms with E-state index in [2.05, 4.69) is 30.1 Å². The van der Waals surface area contributed by atoms with Gasteiger partial charge >= 0.3 is 0 Å². The lowest BCUT2D eigenvalue weighted by molar-refractivity contribution is 0.0975. The minimum atomic E-state index is -0.0159. The van der Waals surface area contributed by atoms with Crippen LogP contribution in [0.15, 0.2) is 85.3 Å². The molecular weight excluding hydrogens is 384 g/mol. The summed E-state index contributed by atoms with van der Waals surface area (Å²) in [6, 6.07) is 22.3. The van der Waals surface area contributed by atoms with Crippen molar-refractivity contribution in [1.29, 1.82) is 0 Å². The highest BCUT2D eigenvalue weighted by molar-refractivity contribution is 6.10. The first-order chi connectivity index (χ1) is 15.2. The first-order valence-corrected chi connectivity index (χ1v) is 10.6. The number of pyridine rings is 1. The topological polar surface area (TPSA) is 51.0 Å². The highest BCUT2D eigenvalue weighted by Gasteiger charge is 2.31. The molecule has 0 N–H and O–H groups in total. The molecule has 4 aromatic rings. The van der Waals surface area contributed by atoms with Gasteiger partial charge in [0.1, 0.15) is 5.69 Å². The van der Waals surface area contributed by atoms with Gasteiger partial charge in [-0.2, -0.15) is 5.10 Å². The van der Waals surface area contributed by atoms with Crippen LogP contribution < -0.4 is 4.90 Å². The molecule has 5 rings (SSSR count). The number of carbonyl (C=O) groups is 1. The number of carbonyl (C=O) groups excluding carboxylic acids is 1. The van der Waals surface area contributed by atoms with E-state index in [4.69, 9.17) is 5.10 Å². The first kappa shape index (κ1) is 19.2. The van der Waals surface area contributed by atoms with E-state index >= 15 is 0 Å². The Morgan fingerprint density at radius 2 is 1.84 bits per heavy atom. The molecule has 0 bridgehead atoms. The fourth-order valence-electron chi connectivity index (χ4n) is 4.27. The van der Waals surface area contributed by atoms with E-state index in [1.165, 1.54) is 5.56 Å². The molecule has 0 spiro atoms. The molecule has 0 saturated heterocycles. The van der Waals surface area contributed by atoms with Crippen molar-refractivity contribution >= 4 is 11.6 Å². The van der Waals surface area contributed by atoms with Gasteiger partial charge in [-0.15, -0.1) is 0 Å². The van der Waals surface area contributed by atoms with Crippen molar-refractivity contribution < 1.29 is 4.79 Å². The number of benzene rings is 2. The summed E-state index contributed by atoms with van der Waals surface area (Å²) in [6.45, 7) is 2.72. The van der Waals surface area contributed by atoms with E-state index in [0.717, 1.165) is 29.7 Å². The average molecular weight is 409 g/mol. The summed E-state index contributed by atoms with van der Waals surface area (Å²) in [5, 5.41) is 4.80. The predicted octanol–water partition coefficient (Wildman–Crippen LogP) is 4.97. The van der Waals surface area contributed by atoms with Crippen LogP contribution in [0.25, 0.3) is 11.3 Å². The minimum absolute atomic E-state index is 0.0159. The van der Waals surface area contributed by atoms with E-state index in [-0.39, 0.29) is 11.9 Å². The van der Waals surface area contributed by atoms with E-state index in [1.807, 2.05) is 64.3 Å². The highest BCUT2D eigenvalue weighted by Crippen LogP contribution is 2.33. The number of nitrogens with zero attached hydrogens (tertiary/aromatic N) is 4. The van der Waals surface area contributed by atoms with Gasteiger partial charge in [0.2, 0.25) is 0 Å². The number of para-hydroxylation sites is 1. The summed E-state index contributed by atoms with van der Waals surface area (Å²) in [5.41, 5.74) is 5.47. The van der Waals surface area contributed by atoms with Crippen LogP contribution in [0.1, 0.15) is 34.8 Å². The second-order valence-corrected chi connectivity index (χ2v) is 8.01. The van der Waals surface area contributed by atoms with Gasteiger partial charge < -0.3 is 4.90 Å². The molecule has 1 amide bonds. The number of aryl methyl sites for hydroxylation is 1. The maximum absolute atomic E-state index is 13.9. The SMILES string of the molecule is C[C@@H]1CCc2ccccc2N1C(=O)c1cn(Cc2ccccc2)nc1-c1cccnc1. The number of amides is 1. The van der Waals surface area contributed by atoms with Crippen molar-refractivity contribution in [3.8, 4) is 11.3 Å². The van der Waals surface area contributed by atoms with Crippen molar-refractivity contribution in [1.82, 2.24) is 14.8 Å². The lowest BCUT2D eigenvalue weighted by atomic mass is 9.95. The molecule has 3 heterocycles. The second-order valence-electron chi connectivity index (χ2n) is 8.01. The smallest absolute Gasteiger partial charge is 0.262 e. The fourth-order valence-corrected chi connectivity index (χ4v) is 4.27. The van der Waals surface area contributed by atoms with Gasteiger partial charge in [0, 0.05) is 35.9 Å². The van der Waals surface area contributed by atoms with E-state index in [1.54, 1.807) is 12.4 Å². The Bertz CT molecular complexity index is 1200. The third-order valence-electron chi connectivity index (χ3n) is 5.86. The van der Waals surface area contributed by atoms with Crippen LogP contribution >= 0.6 is 0 Å². The van der Waals surface area contributed by atoms with E-state index in [9.17, 15) is 4.79 Å². The van der Waals surface area contributed by atoms with E-state index in [0.29, 0.717) is 17.8 Å². The molecule has 0 aliphatic carbocycles. The van der Waals surface area contributed by atoms with Crippen molar-refractivity contribution in [2.24, 2.45) is 0 Å². The van der Waals surface area contributed by atoms with Gasteiger partial charge in [0.15, 0.2) is 0 Å². The molecule has 2 aromatic heterocycles. The van der Waals surface area contributed by atoms with Gasteiger partial charge in [-0.1, -0.05) is 48.5 Å². The van der Waals surface area contributed by atoms with Crippen molar-refractivity contribution in [3.05, 3.63) is 102 Å².